The van der Waals surface area contributed by atoms with Crippen molar-refractivity contribution in [2.75, 3.05) is 28.1 Å². The first kappa shape index (κ1) is 20.2. The van der Waals surface area contributed by atoms with Gasteiger partial charge >= 0.3 is 0 Å². The number of fused-ring (bicyclic) bond motifs is 2. The highest BCUT2D eigenvalue weighted by Crippen LogP contribution is 2.54. The van der Waals surface area contributed by atoms with Crippen molar-refractivity contribution < 1.29 is 38.3 Å². The molecule has 0 aliphatic carbocycles. The van der Waals surface area contributed by atoms with E-state index in [1.807, 2.05) is 6.07 Å². The molecule has 2 heterocycles. The molecule has 0 aromatic heterocycles. The quantitative estimate of drug-likeness (QED) is 0.794. The van der Waals surface area contributed by atoms with Gasteiger partial charge in [0.2, 0.25) is 18.3 Å². The number of phenols is 1. The van der Waals surface area contributed by atoms with Crippen molar-refractivity contribution in [2.24, 2.45) is 5.92 Å². The monoisotopic (exact) mass is 416 g/mol. The lowest BCUT2D eigenvalue weighted by atomic mass is 9.72. The average molecular weight is 416 g/mol. The summed E-state index contributed by atoms with van der Waals surface area (Å²) in [6, 6.07) is 6.94. The topological polar surface area (TPSA) is 92.7 Å². The van der Waals surface area contributed by atoms with E-state index in [2.05, 4.69) is 0 Å². The van der Waals surface area contributed by atoms with Crippen LogP contribution in [0.15, 0.2) is 24.3 Å². The SMILES string of the molecule is COc1cc([C@@H]2c3cc4c(cc3O[C@@](C)(OC)[C@H]2C(C)=O)OCO4)cc(OC)c1O. The second-order valence-electron chi connectivity index (χ2n) is 7.41. The Labute approximate surface area is 174 Å². The fraction of sp³-hybridized carbons (Fsp3) is 0.409. The highest BCUT2D eigenvalue weighted by Gasteiger charge is 2.51. The van der Waals surface area contributed by atoms with Gasteiger partial charge in [-0.2, -0.15) is 0 Å². The van der Waals surface area contributed by atoms with Gasteiger partial charge in [0.25, 0.3) is 0 Å². The molecule has 3 atom stereocenters. The zero-order valence-electron chi connectivity index (χ0n) is 17.5. The van der Waals surface area contributed by atoms with Crippen LogP contribution in [0.1, 0.15) is 30.9 Å². The molecule has 30 heavy (non-hydrogen) atoms. The van der Waals surface area contributed by atoms with Crippen LogP contribution in [0.5, 0.6) is 34.5 Å². The van der Waals surface area contributed by atoms with Gasteiger partial charge in [-0.1, -0.05) is 0 Å². The van der Waals surface area contributed by atoms with Gasteiger partial charge in [0.15, 0.2) is 23.0 Å². The van der Waals surface area contributed by atoms with E-state index in [-0.39, 0.29) is 29.8 Å². The van der Waals surface area contributed by atoms with Crippen LogP contribution in [0.4, 0.5) is 0 Å². The zero-order chi connectivity index (χ0) is 21.6. The van der Waals surface area contributed by atoms with Gasteiger partial charge in [-0.25, -0.2) is 0 Å². The fourth-order valence-corrected chi connectivity index (χ4v) is 4.27. The van der Waals surface area contributed by atoms with Crippen LogP contribution in [0, 0.1) is 5.92 Å². The summed E-state index contributed by atoms with van der Waals surface area (Å²) in [5.41, 5.74) is 1.44. The van der Waals surface area contributed by atoms with Crippen molar-refractivity contribution in [3.63, 3.8) is 0 Å². The third-order valence-electron chi connectivity index (χ3n) is 5.76. The van der Waals surface area contributed by atoms with Crippen LogP contribution in [-0.4, -0.2) is 44.8 Å². The highest BCUT2D eigenvalue weighted by molar-refractivity contribution is 5.82. The molecule has 0 radical (unpaired) electrons. The smallest absolute Gasteiger partial charge is 0.231 e. The summed E-state index contributed by atoms with van der Waals surface area (Å²) < 4.78 is 33.6. The predicted octanol–water partition coefficient (Wildman–Crippen LogP) is 3.23. The van der Waals surface area contributed by atoms with Crippen molar-refractivity contribution in [2.45, 2.75) is 25.6 Å². The van der Waals surface area contributed by atoms with Gasteiger partial charge in [0.1, 0.15) is 11.5 Å². The number of methoxy groups -OCH3 is 3. The molecule has 2 aliphatic heterocycles. The van der Waals surface area contributed by atoms with E-state index in [9.17, 15) is 9.90 Å². The molecule has 160 valence electrons. The molecule has 0 amide bonds. The summed E-state index contributed by atoms with van der Waals surface area (Å²) in [5, 5.41) is 10.4. The first-order valence-corrected chi connectivity index (χ1v) is 9.46. The van der Waals surface area contributed by atoms with E-state index in [0.717, 1.165) is 5.56 Å². The van der Waals surface area contributed by atoms with Crippen LogP contribution in [0.25, 0.3) is 0 Å². The predicted molar refractivity (Wildman–Crippen MR) is 106 cm³/mol. The van der Waals surface area contributed by atoms with E-state index in [0.29, 0.717) is 22.8 Å². The summed E-state index contributed by atoms with van der Waals surface area (Å²) in [5.74, 6) is -0.486. The van der Waals surface area contributed by atoms with Gasteiger partial charge in [-0.3, -0.25) is 4.79 Å². The van der Waals surface area contributed by atoms with Crippen LogP contribution in [-0.2, 0) is 9.53 Å². The number of hydrogen-bond donors (Lipinski definition) is 1. The molecule has 8 heteroatoms. The molecule has 0 unspecified atom stereocenters. The minimum absolute atomic E-state index is 0.112. The maximum Gasteiger partial charge on any atom is 0.231 e. The van der Waals surface area contributed by atoms with Crippen molar-refractivity contribution in [1.82, 2.24) is 0 Å². The van der Waals surface area contributed by atoms with E-state index >= 15 is 0 Å². The van der Waals surface area contributed by atoms with Gasteiger partial charge in [0, 0.05) is 31.6 Å². The lowest BCUT2D eigenvalue weighted by Gasteiger charge is -2.44. The number of Topliss-reactive ketones (excluding diaryl/α,β-unsaturated/α-hetero) is 1. The third kappa shape index (κ3) is 2.99. The van der Waals surface area contributed by atoms with Gasteiger partial charge in [0.05, 0.1) is 20.1 Å². The number of rotatable bonds is 5. The molecular formula is C22H24O8. The molecular weight excluding hydrogens is 392 g/mol. The number of ketones is 1. The maximum atomic E-state index is 12.8. The van der Waals surface area contributed by atoms with E-state index in [1.54, 1.807) is 25.1 Å². The second-order valence-corrected chi connectivity index (χ2v) is 7.41. The highest BCUT2D eigenvalue weighted by atomic mass is 16.7. The van der Waals surface area contributed by atoms with Crippen LogP contribution >= 0.6 is 0 Å². The van der Waals surface area contributed by atoms with Crippen LogP contribution in [0.3, 0.4) is 0 Å². The molecule has 0 saturated carbocycles. The van der Waals surface area contributed by atoms with E-state index in [1.165, 1.54) is 28.3 Å². The largest absolute Gasteiger partial charge is 0.502 e. The second kappa shape index (κ2) is 7.28. The Morgan fingerprint density at radius 1 is 1.03 bits per heavy atom. The standard InChI is InChI=1S/C22H24O8/c1-11(23)20-19(12-6-17(25-3)21(24)18(7-12)26-4)13-8-15-16(29-10-28-15)9-14(13)30-22(20,2)27-5/h6-9,19-20,24H,10H2,1-5H3/t19-,20+,22-/m1/s1. The van der Waals surface area contributed by atoms with Gasteiger partial charge in [-0.05, 0) is 30.7 Å². The molecule has 0 spiro atoms. The average Bonchev–Trinajstić information content (AvgIpc) is 3.18. The molecule has 2 aliphatic rings. The summed E-state index contributed by atoms with van der Waals surface area (Å²) in [4.78, 5) is 12.8. The molecule has 0 bridgehead atoms. The minimum atomic E-state index is -1.23. The van der Waals surface area contributed by atoms with Crippen molar-refractivity contribution >= 4 is 5.78 Å². The lowest BCUT2D eigenvalue weighted by Crippen LogP contribution is -2.51. The first-order chi connectivity index (χ1) is 14.3. The zero-order valence-corrected chi connectivity index (χ0v) is 17.5. The fourth-order valence-electron chi connectivity index (χ4n) is 4.27. The molecule has 4 rings (SSSR count). The maximum absolute atomic E-state index is 12.8. The molecule has 2 aromatic carbocycles. The van der Waals surface area contributed by atoms with Gasteiger partial charge < -0.3 is 33.5 Å². The Hall–Kier alpha value is -3.13. The lowest BCUT2D eigenvalue weighted by molar-refractivity contribution is -0.199. The summed E-state index contributed by atoms with van der Waals surface area (Å²) in [7, 11) is 4.41. The summed E-state index contributed by atoms with van der Waals surface area (Å²) in [6.45, 7) is 3.35. The molecule has 1 N–H and O–H groups in total. The van der Waals surface area contributed by atoms with Crippen LogP contribution < -0.4 is 23.7 Å². The molecule has 8 nitrogen and oxygen atoms in total. The van der Waals surface area contributed by atoms with E-state index in [4.69, 9.17) is 28.4 Å². The Morgan fingerprint density at radius 2 is 1.63 bits per heavy atom. The summed E-state index contributed by atoms with van der Waals surface area (Å²) in [6.07, 6.45) is 0. The Kier molecular flexibility index (Phi) is 4.89. The number of carbonyl (C=O) groups is 1. The number of carbonyl (C=O) groups excluding carboxylic acids is 1. The summed E-state index contributed by atoms with van der Waals surface area (Å²) >= 11 is 0. The van der Waals surface area contributed by atoms with Crippen molar-refractivity contribution in [3.05, 3.63) is 35.4 Å². The molecule has 0 saturated heterocycles. The molecule has 0 fully saturated rings. The van der Waals surface area contributed by atoms with Crippen LogP contribution in [0.2, 0.25) is 0 Å². The first-order valence-electron chi connectivity index (χ1n) is 9.46. The Balaban J connectivity index is 1.99. The number of ether oxygens (including phenoxy) is 6. The Morgan fingerprint density at radius 3 is 2.17 bits per heavy atom. The normalized spacial score (nSPS) is 24.0. The number of phenolic OH excluding ortho intramolecular Hbond substituents is 1. The minimum Gasteiger partial charge on any atom is -0.502 e. The number of hydrogen-bond acceptors (Lipinski definition) is 8. The molecule has 2 aromatic rings. The number of aromatic hydroxyl groups is 1. The number of benzene rings is 2. The van der Waals surface area contributed by atoms with Crippen molar-refractivity contribution in [1.29, 1.82) is 0 Å². The Bertz CT molecular complexity index is 976. The third-order valence-corrected chi connectivity index (χ3v) is 5.76. The van der Waals surface area contributed by atoms with Crippen molar-refractivity contribution in [3.8, 4) is 34.5 Å². The van der Waals surface area contributed by atoms with E-state index < -0.39 is 17.6 Å². The van der Waals surface area contributed by atoms with Gasteiger partial charge in [-0.15, -0.1) is 0 Å².